The smallest absolute Gasteiger partial charge is 0.301 e. The molecule has 1 aliphatic rings. The van der Waals surface area contributed by atoms with Gasteiger partial charge in [-0.25, -0.2) is 4.98 Å². The Hall–Kier alpha value is -2.81. The van der Waals surface area contributed by atoms with Crippen molar-refractivity contribution in [1.29, 1.82) is 0 Å². The summed E-state index contributed by atoms with van der Waals surface area (Å²) in [5.74, 6) is -1.65. The number of carbonyl (C=O) groups excluding carboxylic acids is 2. The summed E-state index contributed by atoms with van der Waals surface area (Å²) < 4.78 is 2.65. The van der Waals surface area contributed by atoms with Crippen LogP contribution in [0.5, 0.6) is 0 Å². The normalized spacial score (nSPS) is 17.8. The highest BCUT2D eigenvalue weighted by Crippen LogP contribution is 2.44. The highest BCUT2D eigenvalue weighted by molar-refractivity contribution is 9.10. The molecule has 0 radical (unpaired) electrons. The van der Waals surface area contributed by atoms with Gasteiger partial charge >= 0.3 is 5.91 Å². The van der Waals surface area contributed by atoms with E-state index in [1.54, 1.807) is 12.1 Å². The Morgan fingerprint density at radius 2 is 1.64 bits per heavy atom. The zero-order valence-electron chi connectivity index (χ0n) is 17.3. The number of thiazole rings is 1. The maximum absolute atomic E-state index is 13.3. The number of ketones is 1. The topological polar surface area (TPSA) is 70.5 Å². The Labute approximate surface area is 210 Å². The van der Waals surface area contributed by atoms with E-state index >= 15 is 0 Å². The molecule has 5 nitrogen and oxygen atoms in total. The van der Waals surface area contributed by atoms with Crippen molar-refractivity contribution in [2.75, 3.05) is 4.90 Å². The number of aliphatic hydroxyl groups is 1. The summed E-state index contributed by atoms with van der Waals surface area (Å²) in [6, 6.07) is 19.4. The maximum atomic E-state index is 13.3. The number of rotatable bonds is 3. The summed E-state index contributed by atoms with van der Waals surface area (Å²) in [4.78, 5) is 32.5. The van der Waals surface area contributed by atoms with Crippen molar-refractivity contribution in [2.45, 2.75) is 13.0 Å². The summed E-state index contributed by atoms with van der Waals surface area (Å²) >= 11 is 8.22. The molecule has 0 spiro atoms. The lowest BCUT2D eigenvalue weighted by atomic mass is 9.95. The average molecular weight is 584 g/mol. The Balaban J connectivity index is 1.73. The Morgan fingerprint density at radius 3 is 2.33 bits per heavy atom. The fourth-order valence-electron chi connectivity index (χ4n) is 3.85. The van der Waals surface area contributed by atoms with Gasteiger partial charge in [0.1, 0.15) is 5.76 Å². The van der Waals surface area contributed by atoms with Crippen LogP contribution in [-0.2, 0) is 9.59 Å². The number of carbonyl (C=O) groups is 2. The van der Waals surface area contributed by atoms with Gasteiger partial charge in [0.05, 0.1) is 21.8 Å². The Morgan fingerprint density at radius 1 is 0.970 bits per heavy atom. The van der Waals surface area contributed by atoms with Crippen LogP contribution >= 0.6 is 43.2 Å². The van der Waals surface area contributed by atoms with E-state index in [0.29, 0.717) is 16.3 Å². The summed E-state index contributed by atoms with van der Waals surface area (Å²) in [5, 5.41) is 11.6. The first-order valence-corrected chi connectivity index (χ1v) is 12.4. The third-order valence-corrected chi connectivity index (χ3v) is 7.54. The van der Waals surface area contributed by atoms with Gasteiger partial charge in [0.15, 0.2) is 5.13 Å². The number of amides is 1. The average Bonchev–Trinajstić information content (AvgIpc) is 3.32. The molecule has 1 saturated heterocycles. The molecular weight excluding hydrogens is 568 g/mol. The molecular formula is C25H16Br2N2O3S. The van der Waals surface area contributed by atoms with Crippen molar-refractivity contribution in [3.8, 4) is 0 Å². The molecule has 33 heavy (non-hydrogen) atoms. The van der Waals surface area contributed by atoms with Crippen LogP contribution in [0.1, 0.15) is 22.7 Å². The van der Waals surface area contributed by atoms with Crippen molar-refractivity contribution in [3.63, 3.8) is 0 Å². The molecule has 2 heterocycles. The van der Waals surface area contributed by atoms with Crippen LogP contribution < -0.4 is 4.90 Å². The molecule has 5 rings (SSSR count). The number of halogens is 2. The second-order valence-corrected chi connectivity index (χ2v) is 10.5. The van der Waals surface area contributed by atoms with Crippen molar-refractivity contribution >= 4 is 76.0 Å². The quantitative estimate of drug-likeness (QED) is 0.164. The molecule has 4 aromatic rings. The number of benzene rings is 3. The molecule has 8 heteroatoms. The third kappa shape index (κ3) is 3.92. The fraction of sp³-hybridized carbons (Fsp3) is 0.0800. The van der Waals surface area contributed by atoms with E-state index in [9.17, 15) is 14.7 Å². The SMILES string of the molecule is Cc1ccc(C(O)=C2C(=O)C(=O)N(c3nc4ccc(Br)cc4s3)C2c2ccc(Br)cc2)cc1. The van der Waals surface area contributed by atoms with Crippen LogP contribution in [0.3, 0.4) is 0 Å². The Kier molecular flexibility index (Phi) is 5.68. The molecule has 0 aliphatic carbocycles. The molecule has 1 aliphatic heterocycles. The number of aryl methyl sites for hydroxylation is 1. The van der Waals surface area contributed by atoms with E-state index in [0.717, 1.165) is 24.7 Å². The summed E-state index contributed by atoms with van der Waals surface area (Å²) in [5.41, 5.74) is 2.98. The Bertz CT molecular complexity index is 1440. The second-order valence-electron chi connectivity index (χ2n) is 7.70. The minimum Gasteiger partial charge on any atom is -0.507 e. The predicted molar refractivity (Wildman–Crippen MR) is 137 cm³/mol. The van der Waals surface area contributed by atoms with Gasteiger partial charge in [-0.15, -0.1) is 0 Å². The van der Waals surface area contributed by atoms with E-state index in [-0.39, 0.29) is 11.3 Å². The van der Waals surface area contributed by atoms with Gasteiger partial charge in [0.2, 0.25) is 0 Å². The number of fused-ring (bicyclic) bond motifs is 1. The number of anilines is 1. The first-order valence-electron chi connectivity index (χ1n) is 10.0. The minimum atomic E-state index is -0.802. The van der Waals surface area contributed by atoms with E-state index in [2.05, 4.69) is 36.8 Å². The maximum Gasteiger partial charge on any atom is 0.301 e. The zero-order valence-corrected chi connectivity index (χ0v) is 21.2. The number of hydrogen-bond acceptors (Lipinski definition) is 5. The molecule has 0 bridgehead atoms. The molecule has 1 atom stereocenters. The largest absolute Gasteiger partial charge is 0.507 e. The van der Waals surface area contributed by atoms with Crippen LogP contribution in [0.25, 0.3) is 16.0 Å². The summed E-state index contributed by atoms with van der Waals surface area (Å²) in [6.45, 7) is 1.94. The first kappa shape index (κ1) is 22.0. The monoisotopic (exact) mass is 582 g/mol. The van der Waals surface area contributed by atoms with Crippen LogP contribution in [-0.4, -0.2) is 21.8 Å². The predicted octanol–water partition coefficient (Wildman–Crippen LogP) is 6.76. The van der Waals surface area contributed by atoms with Gasteiger partial charge in [-0.2, -0.15) is 0 Å². The zero-order chi connectivity index (χ0) is 23.3. The number of hydrogen-bond donors (Lipinski definition) is 1. The van der Waals surface area contributed by atoms with Gasteiger partial charge in [0, 0.05) is 14.5 Å². The van der Waals surface area contributed by atoms with Crippen molar-refractivity contribution < 1.29 is 14.7 Å². The van der Waals surface area contributed by atoms with E-state index in [1.165, 1.54) is 16.2 Å². The van der Waals surface area contributed by atoms with Crippen LogP contribution in [0.2, 0.25) is 0 Å². The molecule has 1 aromatic heterocycles. The third-order valence-electron chi connectivity index (χ3n) is 5.50. The fourth-order valence-corrected chi connectivity index (χ4v) is 5.66. The molecule has 164 valence electrons. The van der Waals surface area contributed by atoms with Gasteiger partial charge in [0.25, 0.3) is 5.78 Å². The standard InChI is InChI=1S/C25H16Br2N2O3S/c1-13-2-4-15(5-3-13)22(30)20-21(14-6-8-16(26)9-7-14)29(24(32)23(20)31)25-28-18-11-10-17(27)12-19(18)33-25/h2-12,21,30H,1H3. The minimum absolute atomic E-state index is 0.0478. The molecule has 0 saturated carbocycles. The van der Waals surface area contributed by atoms with Crippen LogP contribution in [0.4, 0.5) is 5.13 Å². The lowest BCUT2D eigenvalue weighted by Gasteiger charge is -2.23. The van der Waals surface area contributed by atoms with Gasteiger partial charge < -0.3 is 5.11 Å². The van der Waals surface area contributed by atoms with E-state index in [1.807, 2.05) is 61.5 Å². The van der Waals surface area contributed by atoms with Crippen molar-refractivity contribution in [2.24, 2.45) is 0 Å². The second kappa shape index (κ2) is 8.52. The summed E-state index contributed by atoms with van der Waals surface area (Å²) in [7, 11) is 0. The van der Waals surface area contributed by atoms with Crippen molar-refractivity contribution in [3.05, 3.63) is 97.9 Å². The highest BCUT2D eigenvalue weighted by atomic mass is 79.9. The molecule has 1 unspecified atom stereocenters. The van der Waals surface area contributed by atoms with E-state index in [4.69, 9.17) is 0 Å². The van der Waals surface area contributed by atoms with Crippen LogP contribution in [0, 0.1) is 6.92 Å². The molecule has 3 aromatic carbocycles. The first-order chi connectivity index (χ1) is 15.8. The number of aromatic nitrogens is 1. The number of Topliss-reactive ketones (excluding diaryl/α,β-unsaturated/α-hetero) is 1. The molecule has 1 fully saturated rings. The van der Waals surface area contributed by atoms with Crippen molar-refractivity contribution in [1.82, 2.24) is 4.98 Å². The van der Waals surface area contributed by atoms with Gasteiger partial charge in [-0.05, 0) is 42.8 Å². The number of aliphatic hydroxyl groups excluding tert-OH is 1. The van der Waals surface area contributed by atoms with Gasteiger partial charge in [-0.3, -0.25) is 14.5 Å². The van der Waals surface area contributed by atoms with Crippen LogP contribution in [0.15, 0.2) is 81.2 Å². The highest BCUT2D eigenvalue weighted by Gasteiger charge is 2.48. The molecule has 1 N–H and O–H groups in total. The number of nitrogens with zero attached hydrogens (tertiary/aromatic N) is 2. The molecule has 1 amide bonds. The van der Waals surface area contributed by atoms with E-state index < -0.39 is 17.7 Å². The summed E-state index contributed by atoms with van der Waals surface area (Å²) in [6.07, 6.45) is 0. The van der Waals surface area contributed by atoms with Gasteiger partial charge in [-0.1, -0.05) is 85.2 Å². The lowest BCUT2D eigenvalue weighted by molar-refractivity contribution is -0.132. The lowest BCUT2D eigenvalue weighted by Crippen LogP contribution is -2.29.